The summed E-state index contributed by atoms with van der Waals surface area (Å²) in [5, 5.41) is 20.5. The van der Waals surface area contributed by atoms with Crippen molar-refractivity contribution in [3.63, 3.8) is 0 Å². The molecule has 2 rings (SSSR count). The molecule has 0 bridgehead atoms. The summed E-state index contributed by atoms with van der Waals surface area (Å²) >= 11 is 3.88. The zero-order valence-corrected chi connectivity index (χ0v) is 18.6. The average Bonchev–Trinajstić information content (AvgIpc) is 2.81. The van der Waals surface area contributed by atoms with Crippen LogP contribution in [0.15, 0.2) is 48.5 Å². The minimum atomic E-state index is -0.666. The molecule has 0 aromatic heterocycles. The molecule has 0 saturated carbocycles. The van der Waals surface area contributed by atoms with Crippen LogP contribution in [0.25, 0.3) is 0 Å². The molecule has 0 radical (unpaired) electrons. The summed E-state index contributed by atoms with van der Waals surface area (Å²) in [6.45, 7) is 2.07. The second kappa shape index (κ2) is 13.2. The van der Waals surface area contributed by atoms with Gasteiger partial charge >= 0.3 is 12.1 Å². The number of thiol groups is 1. The summed E-state index contributed by atoms with van der Waals surface area (Å²) < 4.78 is 16.3. The Kier molecular flexibility index (Phi) is 10.4. The lowest BCUT2D eigenvalue weighted by molar-refractivity contribution is -0.141. The van der Waals surface area contributed by atoms with Crippen molar-refractivity contribution in [2.24, 2.45) is 5.92 Å². The molecule has 0 spiro atoms. The van der Waals surface area contributed by atoms with Crippen LogP contribution in [-0.4, -0.2) is 42.7 Å². The van der Waals surface area contributed by atoms with Crippen molar-refractivity contribution in [2.45, 2.75) is 19.4 Å². The van der Waals surface area contributed by atoms with Crippen LogP contribution in [0.4, 0.5) is 10.5 Å². The van der Waals surface area contributed by atoms with Gasteiger partial charge in [-0.3, -0.25) is 10.1 Å². The molecular formula is C23H26N2O6S. The molecule has 0 aliphatic rings. The predicted molar refractivity (Wildman–Crippen MR) is 122 cm³/mol. The Morgan fingerprint density at radius 2 is 1.94 bits per heavy atom. The van der Waals surface area contributed by atoms with Gasteiger partial charge in [-0.15, -0.1) is 0 Å². The molecule has 0 unspecified atom stereocenters. The van der Waals surface area contributed by atoms with Crippen LogP contribution >= 0.6 is 12.6 Å². The van der Waals surface area contributed by atoms with Gasteiger partial charge in [0.15, 0.2) is 0 Å². The van der Waals surface area contributed by atoms with Crippen LogP contribution in [0.1, 0.15) is 30.6 Å². The SMILES string of the molecule is C[C@H](CCOC(=O)CS)[C@@H](OC(=O)Nc1ccc(C#N)cc1)c1cccc(OCCO)c1. The van der Waals surface area contributed by atoms with Crippen molar-refractivity contribution in [1.82, 2.24) is 0 Å². The normalized spacial score (nSPS) is 12.2. The van der Waals surface area contributed by atoms with E-state index in [0.717, 1.165) is 0 Å². The standard InChI is InChI=1S/C23H26N2O6S/c1-16(9-11-30-21(27)15-32)22(18-3-2-4-20(13-18)29-12-10-26)31-23(28)25-19-7-5-17(14-24)6-8-19/h2-8,13,16,22,26,32H,9-12,15H2,1H3,(H,25,28)/t16-,22-/m1/s1. The Bertz CT molecular complexity index is 929. The van der Waals surface area contributed by atoms with Crippen LogP contribution in [-0.2, 0) is 14.3 Å². The number of nitriles is 1. The van der Waals surface area contributed by atoms with Gasteiger partial charge in [0.05, 0.1) is 30.6 Å². The number of rotatable bonds is 11. The molecule has 0 heterocycles. The van der Waals surface area contributed by atoms with E-state index in [-0.39, 0.29) is 31.5 Å². The molecule has 8 nitrogen and oxygen atoms in total. The molecule has 2 aromatic rings. The van der Waals surface area contributed by atoms with Crippen LogP contribution in [0, 0.1) is 17.2 Å². The molecule has 2 N–H and O–H groups in total. The Balaban J connectivity index is 2.14. The second-order valence-electron chi connectivity index (χ2n) is 6.93. The van der Waals surface area contributed by atoms with E-state index < -0.39 is 18.2 Å². The van der Waals surface area contributed by atoms with Crippen molar-refractivity contribution in [1.29, 1.82) is 5.26 Å². The number of hydrogen-bond acceptors (Lipinski definition) is 8. The van der Waals surface area contributed by atoms with Crippen molar-refractivity contribution >= 4 is 30.4 Å². The highest BCUT2D eigenvalue weighted by atomic mass is 32.1. The van der Waals surface area contributed by atoms with Gasteiger partial charge in [-0.2, -0.15) is 17.9 Å². The summed E-state index contributed by atoms with van der Waals surface area (Å²) in [6.07, 6.45) is -0.864. The second-order valence-corrected chi connectivity index (χ2v) is 7.25. The Hall–Kier alpha value is -3.22. The third-order valence-electron chi connectivity index (χ3n) is 4.52. The number of amides is 1. The predicted octanol–water partition coefficient (Wildman–Crippen LogP) is 3.72. The summed E-state index contributed by atoms with van der Waals surface area (Å²) in [6, 6.07) is 15.5. The number of aliphatic hydroxyl groups is 1. The maximum absolute atomic E-state index is 12.6. The van der Waals surface area contributed by atoms with Crippen LogP contribution < -0.4 is 10.1 Å². The zero-order chi connectivity index (χ0) is 23.3. The molecular weight excluding hydrogens is 432 g/mol. The molecule has 1 amide bonds. The largest absolute Gasteiger partial charge is 0.491 e. The number of ether oxygens (including phenoxy) is 3. The lowest BCUT2D eigenvalue weighted by Gasteiger charge is -2.25. The first-order chi connectivity index (χ1) is 15.5. The molecule has 0 fully saturated rings. The number of nitrogens with one attached hydrogen (secondary N) is 1. The number of aliphatic hydroxyl groups excluding tert-OH is 1. The highest BCUT2D eigenvalue weighted by Crippen LogP contribution is 2.31. The third kappa shape index (κ3) is 8.13. The van der Waals surface area contributed by atoms with E-state index >= 15 is 0 Å². The van der Waals surface area contributed by atoms with Gasteiger partial charge in [-0.05, 0) is 48.4 Å². The topological polar surface area (TPSA) is 118 Å². The number of nitrogens with zero attached hydrogens (tertiary/aromatic N) is 1. The van der Waals surface area contributed by atoms with Crippen LogP contribution in [0.2, 0.25) is 0 Å². The Morgan fingerprint density at radius 3 is 2.59 bits per heavy atom. The summed E-state index contributed by atoms with van der Waals surface area (Å²) in [7, 11) is 0. The fourth-order valence-electron chi connectivity index (χ4n) is 2.90. The maximum Gasteiger partial charge on any atom is 0.412 e. The molecule has 0 aliphatic carbocycles. The number of esters is 1. The molecule has 9 heteroatoms. The Labute approximate surface area is 192 Å². The highest BCUT2D eigenvalue weighted by Gasteiger charge is 2.25. The average molecular weight is 459 g/mol. The highest BCUT2D eigenvalue weighted by molar-refractivity contribution is 7.81. The summed E-state index contributed by atoms with van der Waals surface area (Å²) in [4.78, 5) is 23.9. The quantitative estimate of drug-likeness (QED) is 0.347. The Morgan fingerprint density at radius 1 is 1.19 bits per heavy atom. The van der Waals surface area contributed by atoms with Gasteiger partial charge in [0.1, 0.15) is 18.5 Å². The summed E-state index contributed by atoms with van der Waals surface area (Å²) in [5.74, 6) is -0.0872. The van der Waals surface area contributed by atoms with Crippen molar-refractivity contribution in [3.8, 4) is 11.8 Å². The van der Waals surface area contributed by atoms with E-state index in [4.69, 9.17) is 24.6 Å². The zero-order valence-electron chi connectivity index (χ0n) is 17.7. The minimum Gasteiger partial charge on any atom is -0.491 e. The molecule has 2 atom stereocenters. The van der Waals surface area contributed by atoms with E-state index in [1.54, 1.807) is 42.5 Å². The first kappa shape index (κ1) is 25.0. The lowest BCUT2D eigenvalue weighted by atomic mass is 9.94. The van der Waals surface area contributed by atoms with Crippen LogP contribution in [0.3, 0.4) is 0 Å². The lowest BCUT2D eigenvalue weighted by Crippen LogP contribution is -2.23. The van der Waals surface area contributed by atoms with Crippen LogP contribution in [0.5, 0.6) is 5.75 Å². The summed E-state index contributed by atoms with van der Waals surface area (Å²) in [5.41, 5.74) is 1.66. The smallest absolute Gasteiger partial charge is 0.412 e. The van der Waals surface area contributed by atoms with Gasteiger partial charge in [0.2, 0.25) is 0 Å². The van der Waals surface area contributed by atoms with Crippen molar-refractivity contribution in [3.05, 3.63) is 59.7 Å². The molecule has 170 valence electrons. The number of carbonyl (C=O) groups excluding carboxylic acids is 2. The van der Waals surface area contributed by atoms with E-state index in [1.165, 1.54) is 0 Å². The van der Waals surface area contributed by atoms with Gasteiger partial charge in [-0.25, -0.2) is 4.79 Å². The monoisotopic (exact) mass is 458 g/mol. The number of benzene rings is 2. The molecule has 32 heavy (non-hydrogen) atoms. The van der Waals surface area contributed by atoms with Gasteiger partial charge in [0, 0.05) is 11.6 Å². The van der Waals surface area contributed by atoms with E-state index in [0.29, 0.717) is 29.0 Å². The maximum atomic E-state index is 12.6. The van der Waals surface area contributed by atoms with Gasteiger partial charge < -0.3 is 19.3 Å². The van der Waals surface area contributed by atoms with Crippen molar-refractivity contribution in [2.75, 3.05) is 30.9 Å². The van der Waals surface area contributed by atoms with Gasteiger partial charge in [0.25, 0.3) is 0 Å². The first-order valence-corrected chi connectivity index (χ1v) is 10.7. The minimum absolute atomic E-state index is 0.00839. The van der Waals surface area contributed by atoms with Crippen molar-refractivity contribution < 1.29 is 28.9 Å². The molecule has 0 saturated heterocycles. The first-order valence-electron chi connectivity index (χ1n) is 10.0. The number of hydrogen-bond donors (Lipinski definition) is 3. The van der Waals surface area contributed by atoms with Gasteiger partial charge in [-0.1, -0.05) is 19.1 Å². The number of carbonyl (C=O) groups is 2. The van der Waals surface area contributed by atoms with E-state index in [9.17, 15) is 9.59 Å². The number of anilines is 1. The van der Waals surface area contributed by atoms with E-state index in [2.05, 4.69) is 17.9 Å². The fraction of sp³-hybridized carbons (Fsp3) is 0.348. The van der Waals surface area contributed by atoms with E-state index in [1.807, 2.05) is 19.1 Å². The third-order valence-corrected chi connectivity index (χ3v) is 4.78. The fourth-order valence-corrected chi connectivity index (χ4v) is 3.00. The molecule has 0 aliphatic heterocycles. The molecule has 2 aromatic carbocycles.